The molecular formula is C16H13NO4S. The lowest BCUT2D eigenvalue weighted by atomic mass is 10.1. The van der Waals surface area contributed by atoms with Crippen molar-refractivity contribution in [2.45, 2.75) is 0 Å². The standard InChI is InChI=1S/C16H13NO4S/c1-22(19,20)17-12-8-6-11(7-9-12)16-10-14(18)13-4-2-3-5-15(13)21-16/h2-10,17H,1H3. The molecule has 0 unspecified atom stereocenters. The van der Waals surface area contributed by atoms with Crippen LogP contribution >= 0.6 is 0 Å². The number of para-hydroxylation sites is 1. The third-order valence-electron chi connectivity index (χ3n) is 3.11. The highest BCUT2D eigenvalue weighted by molar-refractivity contribution is 7.92. The van der Waals surface area contributed by atoms with Crippen molar-refractivity contribution in [3.63, 3.8) is 0 Å². The predicted molar refractivity (Wildman–Crippen MR) is 86.4 cm³/mol. The first kappa shape index (κ1) is 14.3. The van der Waals surface area contributed by atoms with Gasteiger partial charge < -0.3 is 4.42 Å². The minimum Gasteiger partial charge on any atom is -0.456 e. The summed E-state index contributed by atoms with van der Waals surface area (Å²) in [5, 5.41) is 0.529. The summed E-state index contributed by atoms with van der Waals surface area (Å²) in [5.74, 6) is 0.439. The van der Waals surface area contributed by atoms with E-state index in [2.05, 4.69) is 4.72 Å². The fraction of sp³-hybridized carbons (Fsp3) is 0.0625. The molecule has 112 valence electrons. The smallest absolute Gasteiger partial charge is 0.229 e. The Hall–Kier alpha value is -2.60. The number of rotatable bonds is 3. The van der Waals surface area contributed by atoms with Crippen LogP contribution in [0.4, 0.5) is 5.69 Å². The fourth-order valence-electron chi connectivity index (χ4n) is 2.16. The molecule has 2 aromatic carbocycles. The van der Waals surface area contributed by atoms with E-state index in [-0.39, 0.29) is 5.43 Å². The van der Waals surface area contributed by atoms with Crippen molar-refractivity contribution >= 4 is 26.7 Å². The second-order valence-electron chi connectivity index (χ2n) is 4.92. The molecule has 6 heteroatoms. The molecule has 1 heterocycles. The number of anilines is 1. The van der Waals surface area contributed by atoms with Crippen molar-refractivity contribution in [3.05, 3.63) is 64.8 Å². The van der Waals surface area contributed by atoms with Gasteiger partial charge in [0.15, 0.2) is 5.43 Å². The Morgan fingerprint density at radius 2 is 1.68 bits per heavy atom. The first-order valence-electron chi connectivity index (χ1n) is 6.53. The van der Waals surface area contributed by atoms with Gasteiger partial charge in [-0.1, -0.05) is 12.1 Å². The number of benzene rings is 2. The zero-order chi connectivity index (χ0) is 15.7. The van der Waals surface area contributed by atoms with Crippen molar-refractivity contribution in [3.8, 4) is 11.3 Å². The summed E-state index contributed by atoms with van der Waals surface area (Å²) < 4.78 is 30.5. The summed E-state index contributed by atoms with van der Waals surface area (Å²) in [6.07, 6.45) is 1.09. The normalized spacial score (nSPS) is 11.5. The summed E-state index contributed by atoms with van der Waals surface area (Å²) in [6.45, 7) is 0. The molecule has 5 nitrogen and oxygen atoms in total. The SMILES string of the molecule is CS(=O)(=O)Nc1ccc(-c2cc(=O)c3ccccc3o2)cc1. The number of sulfonamides is 1. The second-order valence-corrected chi connectivity index (χ2v) is 6.67. The van der Waals surface area contributed by atoms with Crippen LogP contribution in [0.15, 0.2) is 63.8 Å². The van der Waals surface area contributed by atoms with Gasteiger partial charge in [0.2, 0.25) is 10.0 Å². The van der Waals surface area contributed by atoms with Gasteiger partial charge in [0.1, 0.15) is 11.3 Å². The molecule has 22 heavy (non-hydrogen) atoms. The Kier molecular flexibility index (Phi) is 3.46. The molecule has 1 N–H and O–H groups in total. The molecule has 0 saturated heterocycles. The van der Waals surface area contributed by atoms with Gasteiger partial charge in [-0.05, 0) is 36.4 Å². The minimum absolute atomic E-state index is 0.116. The molecule has 0 aliphatic carbocycles. The first-order valence-corrected chi connectivity index (χ1v) is 8.43. The third kappa shape index (κ3) is 3.01. The molecule has 0 atom stereocenters. The van der Waals surface area contributed by atoms with Crippen LogP contribution in [0.1, 0.15) is 0 Å². The molecule has 0 aliphatic rings. The largest absolute Gasteiger partial charge is 0.456 e. The van der Waals surface area contributed by atoms with Crippen LogP contribution in [0.2, 0.25) is 0 Å². The van der Waals surface area contributed by atoms with Crippen LogP contribution in [-0.4, -0.2) is 14.7 Å². The van der Waals surface area contributed by atoms with Gasteiger partial charge in [-0.3, -0.25) is 9.52 Å². The first-order chi connectivity index (χ1) is 10.4. The highest BCUT2D eigenvalue weighted by Gasteiger charge is 2.07. The molecule has 0 amide bonds. The van der Waals surface area contributed by atoms with Crippen molar-refractivity contribution in [2.75, 3.05) is 11.0 Å². The molecule has 3 rings (SSSR count). The zero-order valence-corrected chi connectivity index (χ0v) is 12.6. The average molecular weight is 315 g/mol. The van der Waals surface area contributed by atoms with E-state index in [4.69, 9.17) is 4.42 Å². The van der Waals surface area contributed by atoms with Gasteiger partial charge in [0.05, 0.1) is 11.6 Å². The summed E-state index contributed by atoms with van der Waals surface area (Å²) in [5.41, 5.74) is 1.55. The van der Waals surface area contributed by atoms with Gasteiger partial charge in [0, 0.05) is 17.3 Å². The molecule has 0 spiro atoms. The van der Waals surface area contributed by atoms with Crippen molar-refractivity contribution in [1.29, 1.82) is 0 Å². The van der Waals surface area contributed by atoms with Crippen LogP contribution in [0, 0.1) is 0 Å². The van der Waals surface area contributed by atoms with Gasteiger partial charge in [0.25, 0.3) is 0 Å². The Morgan fingerprint density at radius 3 is 2.36 bits per heavy atom. The predicted octanol–water partition coefficient (Wildman–Crippen LogP) is 2.83. The molecule has 0 saturated carbocycles. The second kappa shape index (κ2) is 5.31. The maximum absolute atomic E-state index is 12.1. The Balaban J connectivity index is 2.03. The van der Waals surface area contributed by atoms with Gasteiger partial charge >= 0.3 is 0 Å². The molecule has 0 fully saturated rings. The molecule has 0 bridgehead atoms. The quantitative estimate of drug-likeness (QED) is 0.806. The minimum atomic E-state index is -3.31. The van der Waals surface area contributed by atoms with Crippen LogP contribution in [0.3, 0.4) is 0 Å². The molecule has 0 radical (unpaired) electrons. The Morgan fingerprint density at radius 1 is 1.00 bits per heavy atom. The highest BCUT2D eigenvalue weighted by Crippen LogP contribution is 2.23. The number of hydrogen-bond donors (Lipinski definition) is 1. The number of hydrogen-bond acceptors (Lipinski definition) is 4. The lowest BCUT2D eigenvalue weighted by Gasteiger charge is -2.06. The Labute approximate surface area is 127 Å². The van der Waals surface area contributed by atoms with E-state index in [0.717, 1.165) is 6.26 Å². The summed E-state index contributed by atoms with van der Waals surface area (Å²) >= 11 is 0. The monoisotopic (exact) mass is 315 g/mol. The zero-order valence-electron chi connectivity index (χ0n) is 11.7. The lowest BCUT2D eigenvalue weighted by molar-refractivity contribution is 0.607. The summed E-state index contributed by atoms with van der Waals surface area (Å²) in [7, 11) is -3.31. The van der Waals surface area contributed by atoms with Crippen molar-refractivity contribution in [1.82, 2.24) is 0 Å². The van der Waals surface area contributed by atoms with Crippen molar-refractivity contribution < 1.29 is 12.8 Å². The lowest BCUT2D eigenvalue weighted by Crippen LogP contribution is -2.09. The van der Waals surface area contributed by atoms with Gasteiger partial charge in [-0.2, -0.15) is 0 Å². The van der Waals surface area contributed by atoms with E-state index >= 15 is 0 Å². The van der Waals surface area contributed by atoms with Crippen molar-refractivity contribution in [2.24, 2.45) is 0 Å². The van der Waals surface area contributed by atoms with E-state index in [1.807, 2.05) is 0 Å². The van der Waals surface area contributed by atoms with E-state index in [1.54, 1.807) is 48.5 Å². The molecular weight excluding hydrogens is 302 g/mol. The van der Waals surface area contributed by atoms with E-state index in [1.165, 1.54) is 6.07 Å². The van der Waals surface area contributed by atoms with E-state index < -0.39 is 10.0 Å². The van der Waals surface area contributed by atoms with Crippen LogP contribution in [-0.2, 0) is 10.0 Å². The maximum Gasteiger partial charge on any atom is 0.229 e. The summed E-state index contributed by atoms with van der Waals surface area (Å²) in [4.78, 5) is 12.1. The highest BCUT2D eigenvalue weighted by atomic mass is 32.2. The van der Waals surface area contributed by atoms with Gasteiger partial charge in [-0.15, -0.1) is 0 Å². The number of nitrogens with one attached hydrogen (secondary N) is 1. The maximum atomic E-state index is 12.1. The van der Waals surface area contributed by atoms with E-state index in [9.17, 15) is 13.2 Å². The third-order valence-corrected chi connectivity index (χ3v) is 3.71. The Bertz CT molecular complexity index is 989. The fourth-order valence-corrected chi connectivity index (χ4v) is 2.73. The van der Waals surface area contributed by atoms with Crippen LogP contribution < -0.4 is 10.2 Å². The van der Waals surface area contributed by atoms with Crippen LogP contribution in [0.5, 0.6) is 0 Å². The topological polar surface area (TPSA) is 76.4 Å². The summed E-state index contributed by atoms with van der Waals surface area (Å²) in [6, 6.07) is 15.1. The number of fused-ring (bicyclic) bond motifs is 1. The molecule has 3 aromatic rings. The van der Waals surface area contributed by atoms with Crippen LogP contribution in [0.25, 0.3) is 22.3 Å². The van der Waals surface area contributed by atoms with Gasteiger partial charge in [-0.25, -0.2) is 8.42 Å². The molecule has 0 aliphatic heterocycles. The average Bonchev–Trinajstić information content (AvgIpc) is 2.46. The van der Waals surface area contributed by atoms with E-state index in [0.29, 0.717) is 28.0 Å². The molecule has 1 aromatic heterocycles.